The Morgan fingerprint density at radius 2 is 2.13 bits per heavy atom. The Labute approximate surface area is 142 Å². The summed E-state index contributed by atoms with van der Waals surface area (Å²) in [6.07, 6.45) is -0.353. The summed E-state index contributed by atoms with van der Waals surface area (Å²) in [5, 5.41) is 4.16. The molecular weight excluding hydrogens is 316 g/mol. The zero-order chi connectivity index (χ0) is 17.0. The molecule has 1 heterocycles. The summed E-state index contributed by atoms with van der Waals surface area (Å²) in [5.41, 5.74) is 0.606. The summed E-state index contributed by atoms with van der Waals surface area (Å²) in [6.45, 7) is 7.36. The van der Waals surface area contributed by atoms with Gasteiger partial charge in [-0.3, -0.25) is 0 Å². The Balaban J connectivity index is 1.92. The minimum Gasteiger partial charge on any atom is -0.444 e. The number of likely N-dealkylation sites (tertiary alicyclic amines) is 1. The lowest BCUT2D eigenvalue weighted by Crippen LogP contribution is -2.40. The SMILES string of the molecule is CO[C@H]1CN(C(=O)OC(C)(C)C)CC1NCc1cccc(Cl)c1. The zero-order valence-corrected chi connectivity index (χ0v) is 14.9. The maximum Gasteiger partial charge on any atom is 0.410 e. The molecule has 128 valence electrons. The van der Waals surface area contributed by atoms with Crippen molar-refractivity contribution in [3.8, 4) is 0 Å². The molecule has 23 heavy (non-hydrogen) atoms. The minimum atomic E-state index is -0.494. The van der Waals surface area contributed by atoms with E-state index >= 15 is 0 Å². The van der Waals surface area contributed by atoms with Crippen LogP contribution in [-0.4, -0.2) is 48.9 Å². The highest BCUT2D eigenvalue weighted by Gasteiger charge is 2.37. The van der Waals surface area contributed by atoms with Crippen LogP contribution in [0.25, 0.3) is 0 Å². The average molecular weight is 341 g/mol. The molecule has 0 spiro atoms. The van der Waals surface area contributed by atoms with Crippen LogP contribution < -0.4 is 5.32 Å². The van der Waals surface area contributed by atoms with Crippen molar-refractivity contribution < 1.29 is 14.3 Å². The second kappa shape index (κ2) is 7.51. The van der Waals surface area contributed by atoms with E-state index in [1.54, 1.807) is 12.0 Å². The highest BCUT2D eigenvalue weighted by molar-refractivity contribution is 6.30. The predicted octanol–water partition coefficient (Wildman–Crippen LogP) is 3.06. The predicted molar refractivity (Wildman–Crippen MR) is 90.7 cm³/mol. The molecule has 1 saturated heterocycles. The van der Waals surface area contributed by atoms with Gasteiger partial charge in [0.05, 0.1) is 18.7 Å². The van der Waals surface area contributed by atoms with Gasteiger partial charge in [0.2, 0.25) is 0 Å². The van der Waals surface area contributed by atoms with E-state index in [1.165, 1.54) is 0 Å². The third-order valence-electron chi connectivity index (χ3n) is 3.68. The van der Waals surface area contributed by atoms with Gasteiger partial charge in [-0.05, 0) is 38.5 Å². The van der Waals surface area contributed by atoms with Crippen LogP contribution in [-0.2, 0) is 16.0 Å². The number of hydrogen-bond acceptors (Lipinski definition) is 4. The topological polar surface area (TPSA) is 50.8 Å². The molecule has 1 unspecified atom stereocenters. The maximum atomic E-state index is 12.2. The lowest BCUT2D eigenvalue weighted by atomic mass is 10.2. The Morgan fingerprint density at radius 3 is 2.74 bits per heavy atom. The number of nitrogens with zero attached hydrogens (tertiary/aromatic N) is 1. The summed E-state index contributed by atoms with van der Waals surface area (Å²) in [5.74, 6) is 0. The number of methoxy groups -OCH3 is 1. The Bertz CT molecular complexity index is 545. The van der Waals surface area contributed by atoms with E-state index in [0.29, 0.717) is 19.6 Å². The van der Waals surface area contributed by atoms with Crippen LogP contribution in [0.3, 0.4) is 0 Å². The number of halogens is 1. The zero-order valence-electron chi connectivity index (χ0n) is 14.1. The lowest BCUT2D eigenvalue weighted by molar-refractivity contribution is 0.0252. The molecule has 0 aliphatic carbocycles. The van der Waals surface area contributed by atoms with E-state index < -0.39 is 5.60 Å². The molecule has 2 rings (SSSR count). The van der Waals surface area contributed by atoms with Gasteiger partial charge in [0, 0.05) is 25.2 Å². The first-order valence-electron chi connectivity index (χ1n) is 7.77. The van der Waals surface area contributed by atoms with Crippen LogP contribution in [0.5, 0.6) is 0 Å². The Morgan fingerprint density at radius 1 is 1.39 bits per heavy atom. The van der Waals surface area contributed by atoms with Crippen LogP contribution in [0.2, 0.25) is 5.02 Å². The summed E-state index contributed by atoms with van der Waals surface area (Å²) in [7, 11) is 1.66. The average Bonchev–Trinajstić information content (AvgIpc) is 2.87. The van der Waals surface area contributed by atoms with Gasteiger partial charge in [-0.15, -0.1) is 0 Å². The van der Waals surface area contributed by atoms with Gasteiger partial charge in [0.15, 0.2) is 0 Å². The van der Waals surface area contributed by atoms with Crippen molar-refractivity contribution in [3.05, 3.63) is 34.9 Å². The molecule has 1 aromatic rings. The van der Waals surface area contributed by atoms with E-state index in [9.17, 15) is 4.79 Å². The molecule has 1 aliphatic rings. The summed E-state index contributed by atoms with van der Waals surface area (Å²) in [6, 6.07) is 7.78. The van der Waals surface area contributed by atoms with E-state index in [2.05, 4.69) is 5.32 Å². The Kier molecular flexibility index (Phi) is 5.89. The molecule has 5 nitrogen and oxygen atoms in total. The van der Waals surface area contributed by atoms with Crippen molar-refractivity contribution in [1.82, 2.24) is 10.2 Å². The van der Waals surface area contributed by atoms with Crippen LogP contribution >= 0.6 is 11.6 Å². The van der Waals surface area contributed by atoms with Gasteiger partial charge in [-0.2, -0.15) is 0 Å². The summed E-state index contributed by atoms with van der Waals surface area (Å²) in [4.78, 5) is 13.9. The molecule has 1 N–H and O–H groups in total. The number of carbonyl (C=O) groups excluding carboxylic acids is 1. The van der Waals surface area contributed by atoms with Crippen molar-refractivity contribution in [2.75, 3.05) is 20.2 Å². The smallest absolute Gasteiger partial charge is 0.410 e. The van der Waals surface area contributed by atoms with Gasteiger partial charge in [0.25, 0.3) is 0 Å². The monoisotopic (exact) mass is 340 g/mol. The fraction of sp³-hybridized carbons (Fsp3) is 0.588. The number of amides is 1. The number of nitrogens with one attached hydrogen (secondary N) is 1. The summed E-state index contributed by atoms with van der Waals surface area (Å²) >= 11 is 6.00. The highest BCUT2D eigenvalue weighted by atomic mass is 35.5. The van der Waals surface area contributed by atoms with Crippen LogP contribution in [0, 0.1) is 0 Å². The number of carbonyl (C=O) groups is 1. The largest absolute Gasteiger partial charge is 0.444 e. The third-order valence-corrected chi connectivity index (χ3v) is 3.91. The van der Waals surface area contributed by atoms with Crippen LogP contribution in [0.15, 0.2) is 24.3 Å². The maximum absolute atomic E-state index is 12.2. The normalized spacial score (nSPS) is 21.5. The number of benzene rings is 1. The van der Waals surface area contributed by atoms with Crippen molar-refractivity contribution >= 4 is 17.7 Å². The van der Waals surface area contributed by atoms with Crippen molar-refractivity contribution in [2.45, 2.75) is 45.1 Å². The molecule has 1 fully saturated rings. The fourth-order valence-electron chi connectivity index (χ4n) is 2.58. The van der Waals surface area contributed by atoms with E-state index in [1.807, 2.05) is 45.0 Å². The molecule has 6 heteroatoms. The number of hydrogen-bond donors (Lipinski definition) is 1. The molecule has 0 aromatic heterocycles. The minimum absolute atomic E-state index is 0.0540. The fourth-order valence-corrected chi connectivity index (χ4v) is 2.79. The van der Waals surface area contributed by atoms with E-state index in [0.717, 1.165) is 10.6 Å². The molecular formula is C17H25ClN2O3. The molecule has 1 aliphatic heterocycles. The highest BCUT2D eigenvalue weighted by Crippen LogP contribution is 2.18. The van der Waals surface area contributed by atoms with Crippen molar-refractivity contribution in [3.63, 3.8) is 0 Å². The molecule has 0 radical (unpaired) electrons. The first-order valence-corrected chi connectivity index (χ1v) is 8.15. The molecule has 0 saturated carbocycles. The van der Waals surface area contributed by atoms with E-state index in [-0.39, 0.29) is 18.2 Å². The van der Waals surface area contributed by atoms with Crippen LogP contribution in [0.1, 0.15) is 26.3 Å². The Hall–Kier alpha value is -1.30. The first-order chi connectivity index (χ1) is 10.8. The molecule has 0 bridgehead atoms. The molecule has 2 atom stereocenters. The van der Waals surface area contributed by atoms with Gasteiger partial charge in [-0.1, -0.05) is 23.7 Å². The van der Waals surface area contributed by atoms with Crippen LogP contribution in [0.4, 0.5) is 4.79 Å². The number of ether oxygens (including phenoxy) is 2. The van der Waals surface area contributed by atoms with Gasteiger partial charge < -0.3 is 19.7 Å². The quantitative estimate of drug-likeness (QED) is 0.915. The van der Waals surface area contributed by atoms with E-state index in [4.69, 9.17) is 21.1 Å². The second-order valence-electron chi connectivity index (χ2n) is 6.78. The number of rotatable bonds is 4. The first kappa shape index (κ1) is 18.0. The standard InChI is InChI=1S/C17H25ClN2O3/c1-17(2,3)23-16(21)20-10-14(15(11-20)22-4)19-9-12-6-5-7-13(18)8-12/h5-8,14-15,19H,9-11H2,1-4H3/t14?,15-/m0/s1. The van der Waals surface area contributed by atoms with Crippen molar-refractivity contribution in [1.29, 1.82) is 0 Å². The van der Waals surface area contributed by atoms with Gasteiger partial charge >= 0.3 is 6.09 Å². The van der Waals surface area contributed by atoms with Gasteiger partial charge in [0.1, 0.15) is 5.60 Å². The third kappa shape index (κ3) is 5.37. The molecule has 1 aromatic carbocycles. The lowest BCUT2D eigenvalue weighted by Gasteiger charge is -2.24. The van der Waals surface area contributed by atoms with Crippen molar-refractivity contribution in [2.24, 2.45) is 0 Å². The van der Waals surface area contributed by atoms with Gasteiger partial charge in [-0.25, -0.2) is 4.79 Å². The second-order valence-corrected chi connectivity index (χ2v) is 7.21. The summed E-state index contributed by atoms with van der Waals surface area (Å²) < 4.78 is 10.9. The molecule has 1 amide bonds.